The predicted molar refractivity (Wildman–Crippen MR) is 132 cm³/mol. The number of Topliss-reactive ketones (excluding diaryl/α,β-unsaturated/α-hetero) is 1. The minimum Gasteiger partial charge on any atom is -0.489 e. The molecule has 3 aromatic rings. The number of methoxy groups -OCH3 is 1. The van der Waals surface area contributed by atoms with E-state index in [1.165, 1.54) is 19.2 Å². The lowest BCUT2D eigenvalue weighted by Gasteiger charge is -2.29. The molecule has 7 nitrogen and oxygen atoms in total. The van der Waals surface area contributed by atoms with E-state index in [1.807, 2.05) is 37.3 Å². The number of rotatable bonds is 6. The van der Waals surface area contributed by atoms with Crippen LogP contribution in [0.2, 0.25) is 0 Å². The molecule has 180 valence electrons. The number of ketones is 1. The van der Waals surface area contributed by atoms with Crippen molar-refractivity contribution in [2.24, 2.45) is 0 Å². The number of carbonyl (C=O) groups excluding carboxylic acids is 2. The number of carbonyl (C=O) groups is 3. The van der Waals surface area contributed by atoms with Crippen LogP contribution in [0.25, 0.3) is 5.70 Å². The van der Waals surface area contributed by atoms with Crippen LogP contribution in [0.5, 0.6) is 5.75 Å². The van der Waals surface area contributed by atoms with Crippen molar-refractivity contribution in [1.29, 1.82) is 0 Å². The summed E-state index contributed by atoms with van der Waals surface area (Å²) in [4.78, 5) is 37.3. The molecule has 5 rings (SSSR count). The van der Waals surface area contributed by atoms with E-state index < -0.39 is 17.9 Å². The molecule has 1 aliphatic carbocycles. The zero-order valence-corrected chi connectivity index (χ0v) is 19.7. The SMILES string of the molecule is COC(=O)C1=C(C)NC2=C(C(=O)c3ccccc32)C1c1ccc(OCc2ccc(C(=O)O)cc2)cc1. The van der Waals surface area contributed by atoms with Crippen LogP contribution in [-0.4, -0.2) is 29.9 Å². The summed E-state index contributed by atoms with van der Waals surface area (Å²) in [7, 11) is 1.33. The van der Waals surface area contributed by atoms with Crippen LogP contribution in [0.15, 0.2) is 89.6 Å². The molecule has 2 N–H and O–H groups in total. The van der Waals surface area contributed by atoms with Gasteiger partial charge in [0, 0.05) is 28.3 Å². The molecule has 0 aromatic heterocycles. The van der Waals surface area contributed by atoms with Gasteiger partial charge in [-0.1, -0.05) is 48.5 Å². The zero-order chi connectivity index (χ0) is 25.4. The molecule has 0 fully saturated rings. The summed E-state index contributed by atoms with van der Waals surface area (Å²) in [6.45, 7) is 2.07. The maximum absolute atomic E-state index is 13.4. The standard InChI is InChI=1S/C29H23NO6/c1-16-23(29(34)35-2)24(25-26(30-16)21-5-3-4-6-22(21)27(25)31)18-11-13-20(14-12-18)36-15-17-7-9-19(10-8-17)28(32)33/h3-14,24,30H,15H2,1-2H3,(H,32,33). The summed E-state index contributed by atoms with van der Waals surface area (Å²) >= 11 is 0. The Bertz CT molecular complexity index is 1450. The van der Waals surface area contributed by atoms with E-state index in [0.717, 1.165) is 22.4 Å². The van der Waals surface area contributed by atoms with Gasteiger partial charge in [-0.25, -0.2) is 9.59 Å². The third-order valence-corrected chi connectivity index (χ3v) is 6.47. The average Bonchev–Trinajstić information content (AvgIpc) is 3.18. The van der Waals surface area contributed by atoms with Crippen molar-refractivity contribution in [3.63, 3.8) is 0 Å². The molecule has 7 heteroatoms. The Hall–Kier alpha value is -4.65. The molecular formula is C29H23NO6. The molecule has 36 heavy (non-hydrogen) atoms. The minimum atomic E-state index is -0.978. The van der Waals surface area contributed by atoms with Crippen LogP contribution in [0.4, 0.5) is 0 Å². The van der Waals surface area contributed by atoms with Crippen molar-refractivity contribution in [3.05, 3.63) is 117 Å². The summed E-state index contributed by atoms with van der Waals surface area (Å²) < 4.78 is 10.9. The Morgan fingerprint density at radius 1 is 0.944 bits per heavy atom. The zero-order valence-electron chi connectivity index (χ0n) is 19.7. The number of nitrogens with one attached hydrogen (secondary N) is 1. The van der Waals surface area contributed by atoms with Crippen LogP contribution in [0, 0.1) is 0 Å². The molecule has 0 spiro atoms. The van der Waals surface area contributed by atoms with Gasteiger partial charge in [0.15, 0.2) is 5.78 Å². The van der Waals surface area contributed by atoms with E-state index in [1.54, 1.807) is 30.3 Å². The van der Waals surface area contributed by atoms with Gasteiger partial charge in [-0.15, -0.1) is 0 Å². The first-order valence-electron chi connectivity index (χ1n) is 11.4. The lowest BCUT2D eigenvalue weighted by atomic mass is 9.80. The number of ether oxygens (including phenoxy) is 2. The maximum Gasteiger partial charge on any atom is 0.336 e. The van der Waals surface area contributed by atoms with Crippen molar-refractivity contribution < 1.29 is 29.0 Å². The van der Waals surface area contributed by atoms with Gasteiger partial charge in [0.2, 0.25) is 0 Å². The first-order chi connectivity index (χ1) is 17.4. The maximum atomic E-state index is 13.4. The van der Waals surface area contributed by atoms with Crippen LogP contribution in [0.3, 0.4) is 0 Å². The number of aromatic carboxylic acids is 1. The second-order valence-electron chi connectivity index (χ2n) is 8.61. The molecule has 0 bridgehead atoms. The van der Waals surface area contributed by atoms with Crippen LogP contribution < -0.4 is 10.1 Å². The van der Waals surface area contributed by atoms with E-state index in [9.17, 15) is 14.4 Å². The van der Waals surface area contributed by atoms with Crippen LogP contribution in [-0.2, 0) is 16.1 Å². The fraction of sp³-hybridized carbons (Fsp3) is 0.138. The van der Waals surface area contributed by atoms with E-state index in [-0.39, 0.29) is 18.0 Å². The highest BCUT2D eigenvalue weighted by atomic mass is 16.5. The molecule has 1 atom stereocenters. The first-order valence-corrected chi connectivity index (χ1v) is 11.4. The second-order valence-corrected chi connectivity index (χ2v) is 8.61. The number of hydrogen-bond acceptors (Lipinski definition) is 6. The summed E-state index contributed by atoms with van der Waals surface area (Å²) in [5.41, 5.74) is 5.51. The number of hydrogen-bond donors (Lipinski definition) is 2. The highest BCUT2D eigenvalue weighted by Crippen LogP contribution is 2.46. The first kappa shape index (κ1) is 23.1. The lowest BCUT2D eigenvalue weighted by molar-refractivity contribution is -0.136. The number of carboxylic acids is 1. The molecule has 0 radical (unpaired) electrons. The van der Waals surface area contributed by atoms with Crippen molar-refractivity contribution in [2.75, 3.05) is 7.11 Å². The van der Waals surface area contributed by atoms with Gasteiger partial charge >= 0.3 is 11.9 Å². The van der Waals surface area contributed by atoms with Gasteiger partial charge in [-0.05, 0) is 42.3 Å². The van der Waals surface area contributed by atoms with Crippen molar-refractivity contribution >= 4 is 23.4 Å². The summed E-state index contributed by atoms with van der Waals surface area (Å²) in [6, 6.07) is 21.2. The smallest absolute Gasteiger partial charge is 0.336 e. The quantitative estimate of drug-likeness (QED) is 0.492. The highest BCUT2D eigenvalue weighted by Gasteiger charge is 2.42. The monoisotopic (exact) mass is 481 g/mol. The van der Waals surface area contributed by atoms with E-state index in [0.29, 0.717) is 28.2 Å². The van der Waals surface area contributed by atoms with E-state index in [4.69, 9.17) is 14.6 Å². The number of dihydropyridines is 1. The topological polar surface area (TPSA) is 102 Å². The van der Waals surface area contributed by atoms with Gasteiger partial charge in [0.25, 0.3) is 0 Å². The number of carboxylic acid groups (broad SMARTS) is 1. The predicted octanol–water partition coefficient (Wildman–Crippen LogP) is 4.71. The Morgan fingerprint density at radius 2 is 1.61 bits per heavy atom. The summed E-state index contributed by atoms with van der Waals surface area (Å²) in [6.07, 6.45) is 0. The Morgan fingerprint density at radius 3 is 2.25 bits per heavy atom. The Labute approximate surface area is 207 Å². The lowest BCUT2D eigenvalue weighted by Crippen LogP contribution is -2.29. The van der Waals surface area contributed by atoms with E-state index in [2.05, 4.69) is 5.32 Å². The molecule has 1 unspecified atom stereocenters. The third kappa shape index (κ3) is 3.94. The van der Waals surface area contributed by atoms with Gasteiger partial charge < -0.3 is 19.9 Å². The number of esters is 1. The van der Waals surface area contributed by atoms with Gasteiger partial charge in [0.1, 0.15) is 12.4 Å². The van der Waals surface area contributed by atoms with Crippen molar-refractivity contribution in [3.8, 4) is 5.75 Å². The van der Waals surface area contributed by atoms with Gasteiger partial charge in [-0.3, -0.25) is 4.79 Å². The largest absolute Gasteiger partial charge is 0.489 e. The summed E-state index contributed by atoms with van der Waals surface area (Å²) in [5.74, 6) is -1.58. The highest BCUT2D eigenvalue weighted by molar-refractivity contribution is 6.23. The fourth-order valence-corrected chi connectivity index (χ4v) is 4.71. The fourth-order valence-electron chi connectivity index (χ4n) is 4.71. The molecule has 0 amide bonds. The molecular weight excluding hydrogens is 458 g/mol. The third-order valence-electron chi connectivity index (χ3n) is 6.47. The molecule has 0 saturated heterocycles. The Balaban J connectivity index is 1.45. The van der Waals surface area contributed by atoms with Crippen molar-refractivity contribution in [1.82, 2.24) is 5.32 Å². The van der Waals surface area contributed by atoms with Crippen LogP contribution >= 0.6 is 0 Å². The average molecular weight is 482 g/mol. The molecule has 0 saturated carbocycles. The second kappa shape index (κ2) is 9.19. The summed E-state index contributed by atoms with van der Waals surface area (Å²) in [5, 5.41) is 12.3. The number of fused-ring (bicyclic) bond motifs is 2. The molecule has 1 aliphatic heterocycles. The van der Waals surface area contributed by atoms with Crippen LogP contribution in [0.1, 0.15) is 50.2 Å². The van der Waals surface area contributed by atoms with E-state index >= 15 is 0 Å². The molecule has 1 heterocycles. The number of benzene rings is 3. The van der Waals surface area contributed by atoms with Crippen molar-refractivity contribution in [2.45, 2.75) is 19.4 Å². The normalized spacial score (nSPS) is 16.3. The van der Waals surface area contributed by atoms with Gasteiger partial charge in [0.05, 0.1) is 23.9 Å². The Kier molecular flexibility index (Phi) is 5.90. The minimum absolute atomic E-state index is 0.114. The van der Waals surface area contributed by atoms with Gasteiger partial charge in [-0.2, -0.15) is 0 Å². The number of allylic oxidation sites excluding steroid dienone is 2. The molecule has 2 aliphatic rings. The molecule has 3 aromatic carbocycles.